The van der Waals surface area contributed by atoms with Crippen LogP contribution in [0, 0.1) is 5.92 Å². The quantitative estimate of drug-likeness (QED) is 0.741. The first kappa shape index (κ1) is 11.5. The number of hydrogen-bond acceptors (Lipinski definition) is 2. The third-order valence-corrected chi connectivity index (χ3v) is 3.92. The Morgan fingerprint density at radius 2 is 2.22 bits per heavy atom. The molecular formula is C16H18O2. The molecule has 1 aliphatic heterocycles. The fourth-order valence-corrected chi connectivity index (χ4v) is 2.74. The minimum Gasteiger partial charge on any atom is -0.492 e. The number of carbonyl (C=O) groups is 1. The molecule has 0 saturated carbocycles. The lowest BCUT2D eigenvalue weighted by atomic mass is 9.87. The molecule has 18 heavy (non-hydrogen) atoms. The molecule has 0 radical (unpaired) electrons. The van der Waals surface area contributed by atoms with Crippen molar-refractivity contribution in [2.75, 3.05) is 6.61 Å². The van der Waals surface area contributed by atoms with E-state index < -0.39 is 0 Å². The predicted molar refractivity (Wildman–Crippen MR) is 71.1 cm³/mol. The molecule has 0 N–H and O–H groups in total. The Labute approximate surface area is 108 Å². The van der Waals surface area contributed by atoms with Crippen LogP contribution in [0.25, 0.3) is 0 Å². The monoisotopic (exact) mass is 242 g/mol. The van der Waals surface area contributed by atoms with Gasteiger partial charge in [0.05, 0.1) is 12.2 Å². The fourth-order valence-electron chi connectivity index (χ4n) is 2.74. The Morgan fingerprint density at radius 3 is 3.00 bits per heavy atom. The first-order chi connectivity index (χ1) is 8.75. The second-order valence-electron chi connectivity index (χ2n) is 5.33. The number of benzene rings is 1. The third-order valence-electron chi connectivity index (χ3n) is 3.92. The van der Waals surface area contributed by atoms with Gasteiger partial charge in [0.15, 0.2) is 5.78 Å². The van der Waals surface area contributed by atoms with Crippen LogP contribution in [0.4, 0.5) is 0 Å². The molecule has 1 heterocycles. The zero-order valence-electron chi connectivity index (χ0n) is 10.7. The van der Waals surface area contributed by atoms with Gasteiger partial charge in [-0.05, 0) is 42.4 Å². The van der Waals surface area contributed by atoms with Gasteiger partial charge in [0.25, 0.3) is 0 Å². The van der Waals surface area contributed by atoms with Crippen molar-refractivity contribution in [1.29, 1.82) is 0 Å². The molecule has 0 aromatic heterocycles. The normalized spacial score (nSPS) is 22.1. The fraction of sp³-hybridized carbons (Fsp3) is 0.438. The van der Waals surface area contributed by atoms with Crippen LogP contribution in [0.15, 0.2) is 29.8 Å². The van der Waals surface area contributed by atoms with Crippen LogP contribution < -0.4 is 4.74 Å². The maximum Gasteiger partial charge on any atom is 0.192 e. The molecule has 1 aliphatic carbocycles. The molecule has 1 atom stereocenters. The summed E-state index contributed by atoms with van der Waals surface area (Å²) in [6.45, 7) is 2.94. The minimum atomic E-state index is 0.167. The van der Waals surface area contributed by atoms with E-state index in [1.807, 2.05) is 12.1 Å². The van der Waals surface area contributed by atoms with Crippen molar-refractivity contribution in [2.24, 2.45) is 5.92 Å². The Hall–Kier alpha value is -1.57. The maximum absolute atomic E-state index is 12.5. The van der Waals surface area contributed by atoms with Gasteiger partial charge in [-0.25, -0.2) is 0 Å². The van der Waals surface area contributed by atoms with Crippen molar-refractivity contribution in [3.63, 3.8) is 0 Å². The van der Waals surface area contributed by atoms with Crippen LogP contribution in [0.2, 0.25) is 0 Å². The van der Waals surface area contributed by atoms with Gasteiger partial charge in [-0.3, -0.25) is 4.79 Å². The topological polar surface area (TPSA) is 26.3 Å². The molecule has 0 fully saturated rings. The molecule has 2 heteroatoms. The predicted octanol–water partition coefficient (Wildman–Crippen LogP) is 3.55. The van der Waals surface area contributed by atoms with Gasteiger partial charge in [-0.1, -0.05) is 25.1 Å². The highest BCUT2D eigenvalue weighted by molar-refractivity contribution is 6.10. The number of para-hydroxylation sites is 1. The summed E-state index contributed by atoms with van der Waals surface area (Å²) >= 11 is 0. The zero-order valence-corrected chi connectivity index (χ0v) is 10.7. The first-order valence-corrected chi connectivity index (χ1v) is 6.74. The second-order valence-corrected chi connectivity index (χ2v) is 5.33. The van der Waals surface area contributed by atoms with Crippen molar-refractivity contribution in [1.82, 2.24) is 0 Å². The summed E-state index contributed by atoms with van der Waals surface area (Å²) in [5, 5.41) is 0. The highest BCUT2D eigenvalue weighted by atomic mass is 16.5. The molecule has 0 amide bonds. The van der Waals surface area contributed by atoms with E-state index in [1.54, 1.807) is 0 Å². The summed E-state index contributed by atoms with van der Waals surface area (Å²) in [5.74, 6) is 1.70. The summed E-state index contributed by atoms with van der Waals surface area (Å²) in [6.07, 6.45) is 6.09. The summed E-state index contributed by atoms with van der Waals surface area (Å²) in [7, 11) is 0. The molecule has 1 aromatic rings. The van der Waals surface area contributed by atoms with E-state index >= 15 is 0 Å². The standard InChI is InChI=1S/C16H18O2/c1-11-5-7-12(8-6-11)15(17)14-4-2-3-13-9-10-18-16(13)14/h2-4,7,11H,5-6,8-10H2,1H3. The molecule has 2 nitrogen and oxygen atoms in total. The van der Waals surface area contributed by atoms with Gasteiger partial charge in [-0.15, -0.1) is 0 Å². The molecule has 94 valence electrons. The molecule has 0 spiro atoms. The van der Waals surface area contributed by atoms with Crippen molar-refractivity contribution in [2.45, 2.75) is 32.6 Å². The van der Waals surface area contributed by atoms with Crippen LogP contribution >= 0.6 is 0 Å². The van der Waals surface area contributed by atoms with Gasteiger partial charge in [-0.2, -0.15) is 0 Å². The summed E-state index contributed by atoms with van der Waals surface area (Å²) in [4.78, 5) is 12.5. The molecule has 0 bridgehead atoms. The number of rotatable bonds is 2. The Bertz CT molecular complexity index is 514. The molecule has 2 aliphatic rings. The molecule has 0 saturated heterocycles. The van der Waals surface area contributed by atoms with Crippen LogP contribution in [0.1, 0.15) is 42.1 Å². The largest absolute Gasteiger partial charge is 0.492 e. The number of hydrogen-bond donors (Lipinski definition) is 0. The van der Waals surface area contributed by atoms with Gasteiger partial charge >= 0.3 is 0 Å². The Kier molecular flexibility index (Phi) is 2.94. The van der Waals surface area contributed by atoms with Gasteiger partial charge in [0, 0.05) is 6.42 Å². The van der Waals surface area contributed by atoms with Crippen LogP contribution in [-0.4, -0.2) is 12.4 Å². The van der Waals surface area contributed by atoms with Crippen molar-refractivity contribution in [3.05, 3.63) is 41.0 Å². The Balaban J connectivity index is 1.92. The number of ketones is 1. The van der Waals surface area contributed by atoms with E-state index in [0.717, 1.165) is 42.6 Å². The third kappa shape index (κ3) is 1.96. The molecule has 1 unspecified atom stereocenters. The van der Waals surface area contributed by atoms with Crippen molar-refractivity contribution >= 4 is 5.78 Å². The van der Waals surface area contributed by atoms with Crippen molar-refractivity contribution < 1.29 is 9.53 Å². The lowest BCUT2D eigenvalue weighted by Crippen LogP contribution is -2.11. The number of Topliss-reactive ketones (excluding diaryl/α,β-unsaturated/α-hetero) is 1. The number of fused-ring (bicyclic) bond motifs is 1. The van der Waals surface area contributed by atoms with Gasteiger partial charge in [0.2, 0.25) is 0 Å². The lowest BCUT2D eigenvalue weighted by molar-refractivity contribution is 0.102. The lowest BCUT2D eigenvalue weighted by Gasteiger charge is -2.18. The van der Waals surface area contributed by atoms with E-state index in [-0.39, 0.29) is 5.78 Å². The van der Waals surface area contributed by atoms with Gasteiger partial charge < -0.3 is 4.74 Å². The smallest absolute Gasteiger partial charge is 0.192 e. The summed E-state index contributed by atoms with van der Waals surface area (Å²) in [5.41, 5.74) is 2.90. The Morgan fingerprint density at radius 1 is 1.33 bits per heavy atom. The molecule has 3 rings (SSSR count). The van der Waals surface area contributed by atoms with E-state index in [9.17, 15) is 4.79 Å². The van der Waals surface area contributed by atoms with Crippen LogP contribution in [0.5, 0.6) is 5.75 Å². The summed E-state index contributed by atoms with van der Waals surface area (Å²) in [6, 6.07) is 5.91. The number of ether oxygens (including phenoxy) is 1. The van der Waals surface area contributed by atoms with Crippen LogP contribution in [-0.2, 0) is 6.42 Å². The highest BCUT2D eigenvalue weighted by Gasteiger charge is 2.24. The minimum absolute atomic E-state index is 0.167. The zero-order chi connectivity index (χ0) is 12.5. The molecular weight excluding hydrogens is 224 g/mol. The average molecular weight is 242 g/mol. The first-order valence-electron chi connectivity index (χ1n) is 6.74. The number of allylic oxidation sites excluding steroid dienone is 2. The second kappa shape index (κ2) is 4.60. The van der Waals surface area contributed by atoms with E-state index in [0.29, 0.717) is 12.5 Å². The summed E-state index contributed by atoms with van der Waals surface area (Å²) < 4.78 is 5.61. The maximum atomic E-state index is 12.5. The highest BCUT2D eigenvalue weighted by Crippen LogP contribution is 2.33. The SMILES string of the molecule is CC1CC=C(C(=O)c2cccc3c2OCC3)CC1. The van der Waals surface area contributed by atoms with E-state index in [1.165, 1.54) is 5.56 Å². The van der Waals surface area contributed by atoms with E-state index in [2.05, 4.69) is 19.1 Å². The van der Waals surface area contributed by atoms with Crippen LogP contribution in [0.3, 0.4) is 0 Å². The number of carbonyl (C=O) groups excluding carboxylic acids is 1. The van der Waals surface area contributed by atoms with Gasteiger partial charge in [0.1, 0.15) is 5.75 Å². The average Bonchev–Trinajstić information content (AvgIpc) is 2.87. The van der Waals surface area contributed by atoms with E-state index in [4.69, 9.17) is 4.74 Å². The van der Waals surface area contributed by atoms with Crippen molar-refractivity contribution in [3.8, 4) is 5.75 Å². The molecule has 1 aromatic carbocycles.